The molecular formula is C27H26F3NO8. The minimum absolute atomic E-state index is 0.121. The molecule has 2 aromatic carbocycles. The van der Waals surface area contributed by atoms with Gasteiger partial charge in [0, 0.05) is 23.5 Å². The van der Waals surface area contributed by atoms with E-state index in [2.05, 4.69) is 0 Å². The molecule has 0 saturated carbocycles. The minimum Gasteiger partial charge on any atom is -0.508 e. The van der Waals surface area contributed by atoms with E-state index in [9.17, 15) is 37.8 Å². The molecule has 39 heavy (non-hydrogen) atoms. The number of hydrogen-bond donors (Lipinski definition) is 3. The van der Waals surface area contributed by atoms with E-state index in [0.29, 0.717) is 16.5 Å². The number of fused-ring (bicyclic) bond motifs is 4. The second-order valence-corrected chi connectivity index (χ2v) is 10.0. The molecule has 1 amide bonds. The van der Waals surface area contributed by atoms with Crippen LogP contribution >= 0.6 is 0 Å². The van der Waals surface area contributed by atoms with Crippen molar-refractivity contribution in [1.82, 2.24) is 5.32 Å². The molecule has 2 heterocycles. The Labute approximate surface area is 219 Å². The number of phenolic OH excluding ortho intramolecular Hbond substituents is 1. The van der Waals surface area contributed by atoms with E-state index in [1.54, 1.807) is 29.6 Å². The van der Waals surface area contributed by atoms with Gasteiger partial charge in [-0.1, -0.05) is 12.1 Å². The van der Waals surface area contributed by atoms with Gasteiger partial charge in [-0.25, -0.2) is 0 Å². The van der Waals surface area contributed by atoms with Crippen LogP contribution < -0.4 is 10.7 Å². The van der Waals surface area contributed by atoms with E-state index in [1.165, 1.54) is 19.9 Å². The Morgan fingerprint density at radius 2 is 1.87 bits per heavy atom. The number of rotatable bonds is 4. The summed E-state index contributed by atoms with van der Waals surface area (Å²) < 4.78 is 56.3. The maximum atomic E-state index is 13.2. The fourth-order valence-corrected chi connectivity index (χ4v) is 5.42. The van der Waals surface area contributed by atoms with E-state index in [0.717, 1.165) is 0 Å². The first kappa shape index (κ1) is 27.1. The van der Waals surface area contributed by atoms with Crippen molar-refractivity contribution in [3.05, 3.63) is 51.7 Å². The maximum absolute atomic E-state index is 13.2. The summed E-state index contributed by atoms with van der Waals surface area (Å²) >= 11 is 0. The highest BCUT2D eigenvalue weighted by molar-refractivity contribution is 5.93. The highest BCUT2D eigenvalue weighted by atomic mass is 19.4. The van der Waals surface area contributed by atoms with Crippen LogP contribution in [0.4, 0.5) is 13.2 Å². The summed E-state index contributed by atoms with van der Waals surface area (Å²) in [4.78, 5) is 37.2. The number of amides is 1. The predicted molar refractivity (Wildman–Crippen MR) is 131 cm³/mol. The molecule has 1 aromatic heterocycles. The predicted octanol–water partition coefficient (Wildman–Crippen LogP) is 3.40. The number of carbonyl (C=O) groups is 2. The molecule has 0 radical (unpaired) electrons. The molecule has 9 nitrogen and oxygen atoms in total. The molecule has 6 atom stereocenters. The van der Waals surface area contributed by atoms with Crippen molar-refractivity contribution in [1.29, 1.82) is 0 Å². The number of Topliss-reactive ketones (excluding diaryl/α,β-unsaturated/α-hetero) is 1. The van der Waals surface area contributed by atoms with Crippen LogP contribution in [0, 0.1) is 5.92 Å². The van der Waals surface area contributed by atoms with Crippen molar-refractivity contribution in [2.75, 3.05) is 0 Å². The van der Waals surface area contributed by atoms with Gasteiger partial charge in [0.05, 0.1) is 29.0 Å². The van der Waals surface area contributed by atoms with Crippen LogP contribution in [0.2, 0.25) is 0 Å². The Bertz CT molecular complexity index is 1520. The maximum Gasteiger partial charge on any atom is 0.471 e. The van der Waals surface area contributed by atoms with E-state index in [4.69, 9.17) is 13.9 Å². The van der Waals surface area contributed by atoms with Gasteiger partial charge in [0.25, 0.3) is 0 Å². The van der Waals surface area contributed by atoms with Crippen molar-refractivity contribution in [3.63, 3.8) is 0 Å². The zero-order chi connectivity index (χ0) is 28.2. The Morgan fingerprint density at radius 1 is 1.15 bits per heavy atom. The van der Waals surface area contributed by atoms with E-state index >= 15 is 0 Å². The first-order valence-electron chi connectivity index (χ1n) is 12.4. The van der Waals surface area contributed by atoms with Gasteiger partial charge in [0.1, 0.15) is 28.8 Å². The molecule has 2 unspecified atom stereocenters. The molecule has 12 heteroatoms. The van der Waals surface area contributed by atoms with Crippen LogP contribution in [-0.2, 0) is 25.5 Å². The van der Waals surface area contributed by atoms with E-state index < -0.39 is 48.6 Å². The highest BCUT2D eigenvalue weighted by Crippen LogP contribution is 2.45. The second kappa shape index (κ2) is 9.92. The number of ether oxygens (including phenoxy) is 2. The van der Waals surface area contributed by atoms with Crippen LogP contribution in [0.15, 0.2) is 39.5 Å². The number of aromatic hydroxyl groups is 1. The molecule has 1 aliphatic carbocycles. The minimum atomic E-state index is -5.14. The number of carbonyl (C=O) groups excluding carboxylic acids is 2. The van der Waals surface area contributed by atoms with Gasteiger partial charge in [-0.05, 0) is 44.9 Å². The topological polar surface area (TPSA) is 135 Å². The fraction of sp³-hybridized carbons (Fsp3) is 0.444. The molecule has 0 bridgehead atoms. The lowest BCUT2D eigenvalue weighted by molar-refractivity contribution is -0.247. The van der Waals surface area contributed by atoms with Crippen molar-refractivity contribution < 1.29 is 46.9 Å². The molecule has 3 aromatic rings. The van der Waals surface area contributed by atoms with Gasteiger partial charge >= 0.3 is 12.1 Å². The molecule has 2 aliphatic rings. The third kappa shape index (κ3) is 4.99. The normalized spacial score (nSPS) is 27.3. The lowest BCUT2D eigenvalue weighted by Gasteiger charge is -2.40. The molecule has 1 saturated heterocycles. The van der Waals surface area contributed by atoms with Crippen molar-refractivity contribution in [2.45, 2.75) is 69.9 Å². The summed E-state index contributed by atoms with van der Waals surface area (Å²) in [5, 5.41) is 23.6. The first-order valence-corrected chi connectivity index (χ1v) is 12.4. The molecule has 1 aliphatic heterocycles. The van der Waals surface area contributed by atoms with Crippen molar-refractivity contribution in [2.24, 2.45) is 5.92 Å². The van der Waals surface area contributed by atoms with Crippen LogP contribution in [0.1, 0.15) is 43.9 Å². The van der Waals surface area contributed by atoms with E-state index in [1.807, 2.05) is 0 Å². The van der Waals surface area contributed by atoms with Crippen LogP contribution in [0.3, 0.4) is 0 Å². The number of aliphatic hydroxyl groups excluding tert-OH is 1. The zero-order valence-corrected chi connectivity index (χ0v) is 20.9. The number of nitrogens with one attached hydrogen (secondary N) is 1. The smallest absolute Gasteiger partial charge is 0.471 e. The lowest BCUT2D eigenvalue weighted by Crippen LogP contribution is -2.57. The molecule has 5 rings (SSSR count). The lowest BCUT2D eigenvalue weighted by atomic mass is 9.79. The number of para-hydroxylation sites is 1. The fourth-order valence-electron chi connectivity index (χ4n) is 5.42. The Morgan fingerprint density at radius 3 is 2.56 bits per heavy atom. The second-order valence-electron chi connectivity index (χ2n) is 10.0. The number of alkyl halides is 3. The molecule has 0 spiro atoms. The largest absolute Gasteiger partial charge is 0.508 e. The molecular weight excluding hydrogens is 523 g/mol. The third-order valence-corrected chi connectivity index (χ3v) is 7.43. The summed E-state index contributed by atoms with van der Waals surface area (Å²) in [5.41, 5.74) is 0.863. The van der Waals surface area contributed by atoms with E-state index in [-0.39, 0.29) is 52.8 Å². The Kier molecular flexibility index (Phi) is 6.90. The van der Waals surface area contributed by atoms with Crippen molar-refractivity contribution >= 4 is 33.6 Å². The van der Waals surface area contributed by atoms with Gasteiger partial charge < -0.3 is 29.4 Å². The highest BCUT2D eigenvalue weighted by Gasteiger charge is 2.45. The number of halogens is 3. The zero-order valence-electron chi connectivity index (χ0n) is 20.9. The number of hydrogen-bond acceptors (Lipinski definition) is 8. The summed E-state index contributed by atoms with van der Waals surface area (Å²) in [6, 6.07) is 6.58. The Hall–Kier alpha value is -3.48. The average Bonchev–Trinajstić information content (AvgIpc) is 2.87. The SMILES string of the molecule is CC(=O)[C@@H]1Cc2c(c(O)cc3c(=O)c4ccccc4oc23)[C@@H](OC2C[C@@H](NC(=O)C(F)(F)F)[C@@H](O)C(C)O2)C1. The number of benzene rings is 2. The van der Waals surface area contributed by atoms with Crippen LogP contribution in [0.25, 0.3) is 21.9 Å². The van der Waals surface area contributed by atoms with Crippen molar-refractivity contribution in [3.8, 4) is 5.75 Å². The average molecular weight is 549 g/mol. The number of ketones is 1. The number of phenols is 1. The summed E-state index contributed by atoms with van der Waals surface area (Å²) in [6.45, 7) is 2.83. The Balaban J connectivity index is 1.54. The number of aliphatic hydroxyl groups is 1. The van der Waals surface area contributed by atoms with Gasteiger partial charge in [-0.3, -0.25) is 14.4 Å². The quantitative estimate of drug-likeness (QED) is 0.422. The molecule has 1 fully saturated rings. The summed E-state index contributed by atoms with van der Waals surface area (Å²) in [7, 11) is 0. The van der Waals surface area contributed by atoms with Crippen LogP contribution in [0.5, 0.6) is 5.75 Å². The van der Waals surface area contributed by atoms with Gasteiger partial charge in [-0.15, -0.1) is 0 Å². The van der Waals surface area contributed by atoms with Gasteiger partial charge in [0.15, 0.2) is 6.29 Å². The third-order valence-electron chi connectivity index (χ3n) is 7.43. The van der Waals surface area contributed by atoms with Gasteiger partial charge in [0.2, 0.25) is 5.43 Å². The van der Waals surface area contributed by atoms with Crippen LogP contribution in [-0.4, -0.2) is 52.6 Å². The first-order chi connectivity index (χ1) is 18.3. The molecule has 3 N–H and O–H groups in total. The van der Waals surface area contributed by atoms with Gasteiger partial charge in [-0.2, -0.15) is 13.2 Å². The molecule has 208 valence electrons. The standard InChI is InChI=1S/C27H26F3NO8/c1-11(32)13-7-15-22(18(33)9-16-24(35)14-5-3-4-6-19(14)39-25(15)16)20(8-13)38-21-10-17(23(34)12(2)37-21)31-26(36)27(28,29)30/h3-6,9,12-13,17,20-21,23,33-34H,7-8,10H2,1-2H3,(H,31,36)/t12?,13-,17-,20+,21?,23+/m1/s1. The monoisotopic (exact) mass is 549 g/mol. The summed E-state index contributed by atoms with van der Waals surface area (Å²) in [5.74, 6) is -3.21. The summed E-state index contributed by atoms with van der Waals surface area (Å²) in [6.07, 6.45) is -9.76.